The monoisotopic (exact) mass is 916 g/mol. The van der Waals surface area contributed by atoms with Crippen LogP contribution in [0, 0.1) is 0 Å². The highest BCUT2D eigenvalue weighted by Gasteiger charge is 2.18. The van der Waals surface area contributed by atoms with Crippen molar-refractivity contribution in [1.82, 2.24) is 5.32 Å². The van der Waals surface area contributed by atoms with Gasteiger partial charge in [-0.05, 0) is 83.5 Å². The third-order valence-electron chi connectivity index (χ3n) is 12.6. The predicted molar refractivity (Wildman–Crippen MR) is 294 cm³/mol. The van der Waals surface area contributed by atoms with Gasteiger partial charge >= 0.3 is 0 Å². The lowest BCUT2D eigenvalue weighted by atomic mass is 10.0. The third-order valence-corrected chi connectivity index (χ3v) is 12.6. The largest absolute Gasteiger partial charge is 0.394 e. The zero-order valence-electron chi connectivity index (χ0n) is 43.7. The maximum Gasteiger partial charge on any atom is 0.220 e. The maximum atomic E-state index is 12.5. The van der Waals surface area contributed by atoms with Crippen LogP contribution in [0.15, 0.2) is 97.2 Å². The highest BCUT2D eigenvalue weighted by molar-refractivity contribution is 5.76. The fourth-order valence-electron chi connectivity index (χ4n) is 8.26. The highest BCUT2D eigenvalue weighted by atomic mass is 16.3. The first-order chi connectivity index (χ1) is 32.7. The lowest BCUT2D eigenvalue weighted by Crippen LogP contribution is -2.45. The van der Waals surface area contributed by atoms with Gasteiger partial charge in [0, 0.05) is 6.42 Å². The van der Waals surface area contributed by atoms with E-state index in [-0.39, 0.29) is 12.5 Å². The van der Waals surface area contributed by atoms with Gasteiger partial charge in [0.25, 0.3) is 0 Å². The molecule has 0 saturated carbocycles. The highest BCUT2D eigenvalue weighted by Crippen LogP contribution is 2.16. The van der Waals surface area contributed by atoms with E-state index in [0.717, 1.165) is 83.5 Å². The molecule has 380 valence electrons. The second-order valence-electron chi connectivity index (χ2n) is 19.0. The van der Waals surface area contributed by atoms with Crippen LogP contribution < -0.4 is 5.32 Å². The number of carbonyl (C=O) groups is 1. The van der Waals surface area contributed by atoms with Crippen LogP contribution in [0.5, 0.6) is 0 Å². The quantitative estimate of drug-likeness (QED) is 0.0421. The second-order valence-corrected chi connectivity index (χ2v) is 19.0. The number of amides is 1. The molecule has 0 rings (SSSR count). The second kappa shape index (κ2) is 56.6. The van der Waals surface area contributed by atoms with Crippen LogP contribution in [0.1, 0.15) is 271 Å². The van der Waals surface area contributed by atoms with Crippen LogP contribution in [-0.4, -0.2) is 34.9 Å². The van der Waals surface area contributed by atoms with E-state index in [1.807, 2.05) is 6.08 Å². The Morgan fingerprint density at radius 1 is 0.379 bits per heavy atom. The van der Waals surface area contributed by atoms with E-state index in [4.69, 9.17) is 0 Å². The fourth-order valence-corrected chi connectivity index (χ4v) is 8.26. The predicted octanol–water partition coefficient (Wildman–Crippen LogP) is 18.9. The first kappa shape index (κ1) is 63.3. The van der Waals surface area contributed by atoms with Gasteiger partial charge in [-0.25, -0.2) is 0 Å². The number of allylic oxidation sites excluding steroid dienone is 15. The van der Waals surface area contributed by atoms with Gasteiger partial charge in [0.2, 0.25) is 5.91 Å². The first-order valence-electron chi connectivity index (χ1n) is 28.5. The molecule has 0 aromatic rings. The number of hydrogen-bond acceptors (Lipinski definition) is 3. The molecule has 0 spiro atoms. The van der Waals surface area contributed by atoms with E-state index < -0.39 is 12.1 Å². The zero-order chi connectivity index (χ0) is 47.7. The number of aliphatic hydroxyl groups is 2. The van der Waals surface area contributed by atoms with Crippen LogP contribution in [0.4, 0.5) is 0 Å². The summed E-state index contributed by atoms with van der Waals surface area (Å²) < 4.78 is 0. The average Bonchev–Trinajstić information content (AvgIpc) is 3.32. The summed E-state index contributed by atoms with van der Waals surface area (Å²) in [5, 5.41) is 23.2. The normalized spacial score (nSPS) is 13.6. The van der Waals surface area contributed by atoms with E-state index in [0.29, 0.717) is 6.42 Å². The molecule has 0 aromatic carbocycles. The number of aliphatic hydroxyl groups excluding tert-OH is 2. The van der Waals surface area contributed by atoms with Gasteiger partial charge in [0.15, 0.2) is 0 Å². The number of hydrogen-bond donors (Lipinski definition) is 3. The molecule has 0 aliphatic rings. The average molecular weight is 917 g/mol. The van der Waals surface area contributed by atoms with Crippen molar-refractivity contribution >= 4 is 5.91 Å². The van der Waals surface area contributed by atoms with Crippen LogP contribution in [0.3, 0.4) is 0 Å². The summed E-state index contributed by atoms with van der Waals surface area (Å²) in [7, 11) is 0. The molecule has 0 bridgehead atoms. The van der Waals surface area contributed by atoms with E-state index in [1.165, 1.54) is 167 Å². The lowest BCUT2D eigenvalue weighted by molar-refractivity contribution is -0.123. The van der Waals surface area contributed by atoms with E-state index in [9.17, 15) is 15.0 Å². The Hall–Kier alpha value is -2.69. The summed E-state index contributed by atoms with van der Waals surface area (Å²) in [6.07, 6.45) is 84.2. The molecule has 0 fully saturated rings. The molecular formula is C62H109NO3. The smallest absolute Gasteiger partial charge is 0.220 e. The van der Waals surface area contributed by atoms with Crippen molar-refractivity contribution in [2.24, 2.45) is 0 Å². The van der Waals surface area contributed by atoms with E-state index in [2.05, 4.69) is 104 Å². The van der Waals surface area contributed by atoms with Gasteiger partial charge in [-0.1, -0.05) is 278 Å². The molecular weight excluding hydrogens is 807 g/mol. The SMILES string of the molecule is CC/C=C\C/C=C\C/C=C\C/C=C\C/C=C\C/C=C\CCCCCCCCCCC(=O)NC(CO)C(O)/C=C/CC/C=C/CCCCCCCCCCCCCCCCCCCCCCC. The Kier molecular flexibility index (Phi) is 54.3. The molecule has 0 aliphatic carbocycles. The minimum absolute atomic E-state index is 0.0842. The van der Waals surface area contributed by atoms with Crippen molar-refractivity contribution in [3.8, 4) is 0 Å². The van der Waals surface area contributed by atoms with Crippen molar-refractivity contribution in [3.63, 3.8) is 0 Å². The van der Waals surface area contributed by atoms with Crippen molar-refractivity contribution < 1.29 is 15.0 Å². The van der Waals surface area contributed by atoms with Gasteiger partial charge < -0.3 is 15.5 Å². The van der Waals surface area contributed by atoms with Crippen molar-refractivity contribution in [1.29, 1.82) is 0 Å². The Bertz CT molecular complexity index is 1220. The van der Waals surface area contributed by atoms with E-state index in [1.54, 1.807) is 6.08 Å². The van der Waals surface area contributed by atoms with Crippen molar-refractivity contribution in [2.75, 3.05) is 6.61 Å². The van der Waals surface area contributed by atoms with Crippen molar-refractivity contribution in [2.45, 2.75) is 283 Å². The molecule has 0 heterocycles. The van der Waals surface area contributed by atoms with Gasteiger partial charge in [0.05, 0.1) is 18.8 Å². The Morgan fingerprint density at radius 3 is 1.06 bits per heavy atom. The number of rotatable bonds is 51. The molecule has 3 N–H and O–H groups in total. The van der Waals surface area contributed by atoms with E-state index >= 15 is 0 Å². The lowest BCUT2D eigenvalue weighted by Gasteiger charge is -2.19. The maximum absolute atomic E-state index is 12.5. The molecule has 0 saturated heterocycles. The van der Waals surface area contributed by atoms with Gasteiger partial charge in [-0.3, -0.25) is 4.79 Å². The minimum Gasteiger partial charge on any atom is -0.394 e. The Morgan fingerprint density at radius 2 is 0.682 bits per heavy atom. The molecule has 4 nitrogen and oxygen atoms in total. The number of unbranched alkanes of at least 4 members (excludes halogenated alkanes) is 30. The Balaban J connectivity index is 3.60. The zero-order valence-corrected chi connectivity index (χ0v) is 43.7. The first-order valence-corrected chi connectivity index (χ1v) is 28.5. The topological polar surface area (TPSA) is 69.6 Å². The van der Waals surface area contributed by atoms with Gasteiger partial charge in [0.1, 0.15) is 0 Å². The van der Waals surface area contributed by atoms with Crippen LogP contribution in [0.25, 0.3) is 0 Å². The number of carbonyl (C=O) groups excluding carboxylic acids is 1. The molecule has 66 heavy (non-hydrogen) atoms. The fraction of sp³-hybridized carbons (Fsp3) is 0.726. The van der Waals surface area contributed by atoms with Crippen molar-refractivity contribution in [3.05, 3.63) is 97.2 Å². The summed E-state index contributed by atoms with van der Waals surface area (Å²) >= 11 is 0. The van der Waals surface area contributed by atoms with Gasteiger partial charge in [-0.15, -0.1) is 0 Å². The summed E-state index contributed by atoms with van der Waals surface area (Å²) in [6, 6.07) is -0.652. The summed E-state index contributed by atoms with van der Waals surface area (Å²) in [4.78, 5) is 12.5. The molecule has 2 atom stereocenters. The number of nitrogens with one attached hydrogen (secondary N) is 1. The molecule has 0 aliphatic heterocycles. The molecule has 1 amide bonds. The summed E-state index contributed by atoms with van der Waals surface area (Å²) in [6.45, 7) is 4.19. The minimum atomic E-state index is -0.874. The van der Waals surface area contributed by atoms with Gasteiger partial charge in [-0.2, -0.15) is 0 Å². The third kappa shape index (κ3) is 52.3. The summed E-state index contributed by atoms with van der Waals surface area (Å²) in [5.41, 5.74) is 0. The van der Waals surface area contributed by atoms with Crippen LogP contribution >= 0.6 is 0 Å². The molecule has 0 radical (unpaired) electrons. The molecule has 0 aromatic heterocycles. The molecule has 2 unspecified atom stereocenters. The summed E-state index contributed by atoms with van der Waals surface area (Å²) in [5.74, 6) is -0.0842. The Labute approximate surface area is 411 Å². The standard InChI is InChI=1S/C62H109NO3/c1-3-5-7-9-11-13-15-17-19-21-23-25-27-29-31-33-35-37-39-41-43-45-47-49-51-53-55-57-61(65)60(59-64)63-62(66)58-56-54-52-50-48-46-44-42-40-38-36-34-32-30-28-26-24-22-20-18-16-14-12-10-8-6-4-2/h6,8,12,14,18,20,24,26,30,32,36,38,47,49,55,57,60-61,64-65H,3-5,7,9-11,13,15-17,19,21-23,25,27-29,31,33-35,37,39-46,48,50-54,56,58-59H2,1-2H3,(H,63,66)/b8-6-,14-12-,20-18-,26-24-,32-30-,38-36-,49-47+,57-55+. The van der Waals surface area contributed by atoms with Crippen LogP contribution in [0.2, 0.25) is 0 Å². The molecule has 4 heteroatoms. The van der Waals surface area contributed by atoms with Crippen LogP contribution in [-0.2, 0) is 4.79 Å².